The molecule has 3 atom stereocenters. The summed E-state index contributed by atoms with van der Waals surface area (Å²) in [6, 6.07) is 0. The molecular formula is C54H107O10P. The molecule has 0 saturated heterocycles. The van der Waals surface area contributed by atoms with Gasteiger partial charge in [-0.05, 0) is 12.8 Å². The normalized spacial score (nSPS) is 13.5. The van der Waals surface area contributed by atoms with Gasteiger partial charge in [0, 0.05) is 12.8 Å². The van der Waals surface area contributed by atoms with E-state index in [1.807, 2.05) is 0 Å². The predicted octanol–water partition coefficient (Wildman–Crippen LogP) is 16.1. The molecule has 0 aliphatic heterocycles. The highest BCUT2D eigenvalue weighted by Gasteiger charge is 2.27. The van der Waals surface area contributed by atoms with E-state index < -0.39 is 58.4 Å². The second-order valence-electron chi connectivity index (χ2n) is 19.3. The monoisotopic (exact) mass is 947 g/mol. The molecule has 0 saturated carbocycles. The summed E-state index contributed by atoms with van der Waals surface area (Å²) in [4.78, 5) is 34.8. The van der Waals surface area contributed by atoms with Crippen LogP contribution in [-0.2, 0) is 32.7 Å². The second kappa shape index (κ2) is 50.8. The summed E-state index contributed by atoms with van der Waals surface area (Å²) in [5.41, 5.74) is 0. The lowest BCUT2D eigenvalue weighted by Crippen LogP contribution is -2.28. The smallest absolute Gasteiger partial charge is 0.457 e. The Hall–Kier alpha value is -1.03. The zero-order valence-corrected chi connectivity index (χ0v) is 43.6. The predicted molar refractivity (Wildman–Crippen MR) is 270 cm³/mol. The Balaban J connectivity index is 3.74. The van der Waals surface area contributed by atoms with Crippen molar-refractivity contribution in [3.8, 4) is 0 Å². The summed E-state index contributed by atoms with van der Waals surface area (Å²) >= 11 is 0. The number of ether oxygens (including phenoxy) is 2. The fourth-order valence-corrected chi connectivity index (χ4v) is 9.32. The van der Waals surface area contributed by atoms with Crippen molar-refractivity contribution in [3.63, 3.8) is 0 Å². The molecular weight excluding hydrogens is 840 g/mol. The molecule has 388 valence electrons. The maximum Gasteiger partial charge on any atom is 0.472 e. The van der Waals surface area contributed by atoms with Crippen LogP contribution in [0.5, 0.6) is 0 Å². The van der Waals surface area contributed by atoms with Crippen LogP contribution in [0.2, 0.25) is 0 Å². The SMILES string of the molecule is CCCCCCCCCCCCCCCCCCCCCCCCCC(=O)OC(CO)COP(=O)(O)OCC(CO)OC(=O)CCCCCCCCCCCCCCCCCCCCC. The summed E-state index contributed by atoms with van der Waals surface area (Å²) in [7, 11) is -4.64. The molecule has 0 heterocycles. The Morgan fingerprint density at radius 1 is 0.354 bits per heavy atom. The second-order valence-corrected chi connectivity index (χ2v) is 20.7. The number of carbonyl (C=O) groups is 2. The van der Waals surface area contributed by atoms with E-state index in [2.05, 4.69) is 13.8 Å². The molecule has 3 unspecified atom stereocenters. The average molecular weight is 947 g/mol. The average Bonchev–Trinajstić information content (AvgIpc) is 3.30. The molecule has 0 aromatic heterocycles. The quantitative estimate of drug-likeness (QED) is 0.0306. The van der Waals surface area contributed by atoms with Crippen LogP contribution in [0, 0.1) is 0 Å². The standard InChI is InChI=1S/C54H107O10P/c1-3-5-7-9-11-13-15-17-19-21-23-24-25-26-28-30-32-34-36-38-40-42-44-46-54(58)64-52(48-56)50-62-65(59,60)61-49-51(47-55)63-53(57)45-43-41-39-37-35-33-31-29-27-22-20-18-16-14-12-10-8-6-4-2/h51-52,55-56H,3-50H2,1-2H3,(H,59,60). The van der Waals surface area contributed by atoms with Crippen LogP contribution in [-0.4, -0.2) is 65.7 Å². The van der Waals surface area contributed by atoms with Gasteiger partial charge < -0.3 is 24.6 Å². The van der Waals surface area contributed by atoms with Gasteiger partial charge in [0.25, 0.3) is 0 Å². The van der Waals surface area contributed by atoms with Gasteiger partial charge in [-0.1, -0.05) is 271 Å². The minimum absolute atomic E-state index is 0.200. The Labute approximate surface area is 401 Å². The molecule has 0 aliphatic carbocycles. The van der Waals surface area contributed by atoms with Crippen LogP contribution in [0.25, 0.3) is 0 Å². The summed E-state index contributed by atoms with van der Waals surface area (Å²) in [6.07, 6.45) is 52.3. The van der Waals surface area contributed by atoms with Gasteiger partial charge in [0.15, 0.2) is 0 Å². The number of esters is 2. The van der Waals surface area contributed by atoms with Gasteiger partial charge in [-0.25, -0.2) is 4.57 Å². The van der Waals surface area contributed by atoms with Crippen molar-refractivity contribution in [2.45, 2.75) is 309 Å². The molecule has 0 aromatic carbocycles. The Morgan fingerprint density at radius 3 is 0.723 bits per heavy atom. The molecule has 0 fully saturated rings. The fraction of sp³-hybridized carbons (Fsp3) is 0.963. The van der Waals surface area contributed by atoms with Gasteiger partial charge in [-0.2, -0.15) is 0 Å². The third-order valence-electron chi connectivity index (χ3n) is 12.8. The number of aliphatic hydroxyl groups is 2. The molecule has 0 radical (unpaired) electrons. The Bertz CT molecular complexity index is 1040. The van der Waals surface area contributed by atoms with Crippen molar-refractivity contribution in [2.75, 3.05) is 26.4 Å². The van der Waals surface area contributed by atoms with E-state index in [9.17, 15) is 29.3 Å². The maximum absolute atomic E-state index is 12.4. The van der Waals surface area contributed by atoms with E-state index in [4.69, 9.17) is 18.5 Å². The van der Waals surface area contributed by atoms with Crippen molar-refractivity contribution in [3.05, 3.63) is 0 Å². The lowest BCUT2D eigenvalue weighted by atomic mass is 10.0. The first-order valence-corrected chi connectivity index (χ1v) is 29.5. The number of phosphoric ester groups is 1. The topological polar surface area (TPSA) is 149 Å². The highest BCUT2D eigenvalue weighted by Crippen LogP contribution is 2.43. The van der Waals surface area contributed by atoms with E-state index in [1.165, 1.54) is 218 Å². The number of hydrogen-bond donors (Lipinski definition) is 3. The van der Waals surface area contributed by atoms with E-state index in [0.29, 0.717) is 12.8 Å². The highest BCUT2D eigenvalue weighted by molar-refractivity contribution is 7.47. The van der Waals surface area contributed by atoms with E-state index in [1.54, 1.807) is 0 Å². The number of phosphoric acid groups is 1. The zero-order valence-electron chi connectivity index (χ0n) is 42.7. The third-order valence-corrected chi connectivity index (χ3v) is 13.8. The maximum atomic E-state index is 12.4. The lowest BCUT2D eigenvalue weighted by Gasteiger charge is -2.20. The highest BCUT2D eigenvalue weighted by atomic mass is 31.2. The first kappa shape index (κ1) is 64.0. The Kier molecular flexibility index (Phi) is 50.0. The van der Waals surface area contributed by atoms with E-state index in [-0.39, 0.29) is 12.8 Å². The largest absolute Gasteiger partial charge is 0.472 e. The van der Waals surface area contributed by atoms with Crippen molar-refractivity contribution < 1.29 is 47.8 Å². The first-order chi connectivity index (χ1) is 31.8. The number of hydrogen-bond acceptors (Lipinski definition) is 9. The molecule has 65 heavy (non-hydrogen) atoms. The van der Waals surface area contributed by atoms with Crippen molar-refractivity contribution in [1.29, 1.82) is 0 Å². The number of unbranched alkanes of at least 4 members (excludes halogenated alkanes) is 40. The number of rotatable bonds is 54. The molecule has 0 spiro atoms. The molecule has 0 bridgehead atoms. The van der Waals surface area contributed by atoms with Gasteiger partial charge in [-0.15, -0.1) is 0 Å². The summed E-state index contributed by atoms with van der Waals surface area (Å²) in [5.74, 6) is -0.997. The van der Waals surface area contributed by atoms with Crippen LogP contribution < -0.4 is 0 Å². The first-order valence-electron chi connectivity index (χ1n) is 28.0. The summed E-state index contributed by atoms with van der Waals surface area (Å²) < 4.78 is 32.8. The molecule has 11 heteroatoms. The molecule has 10 nitrogen and oxygen atoms in total. The summed E-state index contributed by atoms with van der Waals surface area (Å²) in [6.45, 7) is 2.30. The van der Waals surface area contributed by atoms with Crippen molar-refractivity contribution >= 4 is 19.8 Å². The number of aliphatic hydroxyl groups excluding tert-OH is 2. The molecule has 0 aliphatic rings. The van der Waals surface area contributed by atoms with E-state index >= 15 is 0 Å². The molecule has 3 N–H and O–H groups in total. The fourth-order valence-electron chi connectivity index (χ4n) is 8.53. The summed E-state index contributed by atoms with van der Waals surface area (Å²) in [5, 5.41) is 19.3. The minimum atomic E-state index is -4.64. The van der Waals surface area contributed by atoms with Gasteiger partial charge in [0.05, 0.1) is 26.4 Å². The van der Waals surface area contributed by atoms with E-state index in [0.717, 1.165) is 38.5 Å². The van der Waals surface area contributed by atoms with Gasteiger partial charge in [-0.3, -0.25) is 18.6 Å². The third kappa shape index (κ3) is 49.2. The van der Waals surface area contributed by atoms with Crippen molar-refractivity contribution in [2.24, 2.45) is 0 Å². The van der Waals surface area contributed by atoms with Crippen LogP contribution in [0.15, 0.2) is 0 Å². The van der Waals surface area contributed by atoms with Gasteiger partial charge >= 0.3 is 19.8 Å². The van der Waals surface area contributed by atoms with Crippen molar-refractivity contribution in [1.82, 2.24) is 0 Å². The van der Waals surface area contributed by atoms with Gasteiger partial charge in [0.2, 0.25) is 0 Å². The number of carbonyl (C=O) groups excluding carboxylic acids is 2. The van der Waals surface area contributed by atoms with Crippen LogP contribution >= 0.6 is 7.82 Å². The molecule has 0 rings (SSSR count). The lowest BCUT2D eigenvalue weighted by molar-refractivity contribution is -0.153. The van der Waals surface area contributed by atoms with Crippen LogP contribution in [0.1, 0.15) is 296 Å². The van der Waals surface area contributed by atoms with Crippen LogP contribution in [0.3, 0.4) is 0 Å². The van der Waals surface area contributed by atoms with Gasteiger partial charge in [0.1, 0.15) is 12.2 Å². The molecule has 0 amide bonds. The Morgan fingerprint density at radius 2 is 0.538 bits per heavy atom. The molecule has 0 aromatic rings. The van der Waals surface area contributed by atoms with Crippen LogP contribution in [0.4, 0.5) is 0 Å². The minimum Gasteiger partial charge on any atom is -0.457 e. The zero-order chi connectivity index (χ0) is 47.6.